The molecule has 0 fully saturated rings. The quantitative estimate of drug-likeness (QED) is 0.814. The highest BCUT2D eigenvalue weighted by atomic mass is 16.2. The number of amides is 1. The van der Waals surface area contributed by atoms with Gasteiger partial charge >= 0.3 is 0 Å². The first-order valence-electron chi connectivity index (χ1n) is 6.63. The van der Waals surface area contributed by atoms with E-state index < -0.39 is 0 Å². The van der Waals surface area contributed by atoms with Crippen LogP contribution in [0.4, 0.5) is 0 Å². The molecule has 1 aromatic carbocycles. The van der Waals surface area contributed by atoms with Gasteiger partial charge in [0.1, 0.15) is 0 Å². The molecule has 0 saturated carbocycles. The molecule has 0 aliphatic rings. The highest BCUT2D eigenvalue weighted by Gasteiger charge is 2.06. The summed E-state index contributed by atoms with van der Waals surface area (Å²) in [6, 6.07) is 10.4. The van der Waals surface area contributed by atoms with Crippen LogP contribution in [0.3, 0.4) is 0 Å². The maximum Gasteiger partial charge on any atom is 0.231 e. The van der Waals surface area contributed by atoms with E-state index in [2.05, 4.69) is 36.6 Å². The number of nitrogens with one attached hydrogen (secondary N) is 1. The number of rotatable bonds is 5. The van der Waals surface area contributed by atoms with Gasteiger partial charge in [-0.3, -0.25) is 10.2 Å². The van der Waals surface area contributed by atoms with E-state index in [1.807, 2.05) is 32.0 Å². The number of carbonyl (C=O) groups excluding carboxylic acids is 1. The van der Waals surface area contributed by atoms with Crippen molar-refractivity contribution < 1.29 is 4.79 Å². The molecule has 0 aliphatic carbocycles. The predicted octanol–water partition coefficient (Wildman–Crippen LogP) is 3.19. The highest BCUT2D eigenvalue weighted by molar-refractivity contribution is 5.72. The minimum Gasteiger partial charge on any atom is -0.289 e. The Morgan fingerprint density at radius 2 is 1.83 bits per heavy atom. The Balaban J connectivity index is 0.00000137. The molecule has 0 aliphatic heterocycles. The Kier molecular flexibility index (Phi) is 8.93. The lowest BCUT2D eigenvalue weighted by atomic mass is 9.98. The van der Waals surface area contributed by atoms with Gasteiger partial charge in [0, 0.05) is 20.5 Å². The average molecular weight is 250 g/mol. The average Bonchev–Trinajstić information content (AvgIpc) is 2.38. The summed E-state index contributed by atoms with van der Waals surface area (Å²) in [6.07, 6.45) is 1.03. The van der Waals surface area contributed by atoms with Crippen molar-refractivity contribution in [3.63, 3.8) is 0 Å². The minimum atomic E-state index is -0.0186. The summed E-state index contributed by atoms with van der Waals surface area (Å²) in [5.41, 5.74) is 4.09. The standard InChI is InChI=1S/C13H20N2O.C2H6/c1-11(13-7-5-4-6-8-13)9-10-15(3)14-12(2)16;1-2/h4-8,11H,9-10H2,1-3H3,(H,14,16);1-2H3. The number of carbonyl (C=O) groups is 1. The summed E-state index contributed by atoms with van der Waals surface area (Å²) >= 11 is 0. The Morgan fingerprint density at radius 1 is 1.28 bits per heavy atom. The van der Waals surface area contributed by atoms with Crippen molar-refractivity contribution in [2.45, 2.75) is 40.0 Å². The van der Waals surface area contributed by atoms with Gasteiger partial charge in [-0.1, -0.05) is 51.1 Å². The molecule has 0 radical (unpaired) electrons. The van der Waals surface area contributed by atoms with Gasteiger partial charge < -0.3 is 0 Å². The van der Waals surface area contributed by atoms with Crippen molar-refractivity contribution in [3.05, 3.63) is 35.9 Å². The fraction of sp³-hybridized carbons (Fsp3) is 0.533. The summed E-state index contributed by atoms with van der Waals surface area (Å²) in [6.45, 7) is 8.59. The van der Waals surface area contributed by atoms with Crippen LogP contribution < -0.4 is 5.43 Å². The van der Waals surface area contributed by atoms with Crippen molar-refractivity contribution in [1.29, 1.82) is 0 Å². The molecule has 1 amide bonds. The van der Waals surface area contributed by atoms with Crippen LogP contribution in [-0.4, -0.2) is 24.5 Å². The molecule has 1 unspecified atom stereocenters. The summed E-state index contributed by atoms with van der Waals surface area (Å²) < 4.78 is 0. The van der Waals surface area contributed by atoms with Gasteiger partial charge in [0.05, 0.1) is 0 Å². The van der Waals surface area contributed by atoms with Crippen molar-refractivity contribution in [1.82, 2.24) is 10.4 Å². The lowest BCUT2D eigenvalue weighted by Crippen LogP contribution is -2.38. The van der Waals surface area contributed by atoms with Crippen molar-refractivity contribution in [2.24, 2.45) is 0 Å². The van der Waals surface area contributed by atoms with Crippen molar-refractivity contribution in [2.75, 3.05) is 13.6 Å². The van der Waals surface area contributed by atoms with Crippen molar-refractivity contribution in [3.8, 4) is 0 Å². The molecule has 0 aromatic heterocycles. The van der Waals surface area contributed by atoms with Gasteiger partial charge in [0.15, 0.2) is 0 Å². The zero-order valence-corrected chi connectivity index (χ0v) is 12.2. The maximum absolute atomic E-state index is 10.8. The maximum atomic E-state index is 10.8. The molecular formula is C15H26N2O. The van der Waals surface area contributed by atoms with Gasteiger partial charge in [-0.25, -0.2) is 5.01 Å². The zero-order valence-electron chi connectivity index (χ0n) is 12.2. The van der Waals surface area contributed by atoms with Gasteiger partial charge in [-0.2, -0.15) is 0 Å². The van der Waals surface area contributed by atoms with Gasteiger partial charge in [-0.15, -0.1) is 0 Å². The van der Waals surface area contributed by atoms with Crippen LogP contribution in [-0.2, 0) is 4.79 Å². The normalized spacial score (nSPS) is 11.4. The first kappa shape index (κ1) is 16.6. The van der Waals surface area contributed by atoms with Crippen LogP contribution in [0.2, 0.25) is 0 Å². The zero-order chi connectivity index (χ0) is 14.0. The third-order valence-electron chi connectivity index (χ3n) is 2.61. The summed E-state index contributed by atoms with van der Waals surface area (Å²) in [4.78, 5) is 10.8. The molecule has 102 valence electrons. The van der Waals surface area contributed by atoms with E-state index in [-0.39, 0.29) is 5.91 Å². The van der Waals surface area contributed by atoms with Crippen LogP contribution in [0.1, 0.15) is 45.6 Å². The topological polar surface area (TPSA) is 32.3 Å². The molecule has 0 saturated heterocycles. The number of hydrogen-bond acceptors (Lipinski definition) is 2. The number of benzene rings is 1. The molecule has 0 spiro atoms. The Bertz CT molecular complexity index is 325. The van der Waals surface area contributed by atoms with Gasteiger partial charge in [0.25, 0.3) is 0 Å². The van der Waals surface area contributed by atoms with E-state index in [1.165, 1.54) is 12.5 Å². The second-order valence-corrected chi connectivity index (χ2v) is 4.19. The van der Waals surface area contributed by atoms with Crippen LogP contribution in [0.25, 0.3) is 0 Å². The van der Waals surface area contributed by atoms with E-state index in [4.69, 9.17) is 0 Å². The van der Waals surface area contributed by atoms with Gasteiger partial charge in [0.2, 0.25) is 5.91 Å². The third kappa shape index (κ3) is 7.07. The predicted molar refractivity (Wildman–Crippen MR) is 77.3 cm³/mol. The largest absolute Gasteiger partial charge is 0.289 e. The SMILES string of the molecule is CC.CC(=O)NN(C)CCC(C)c1ccccc1. The van der Waals surface area contributed by atoms with E-state index in [9.17, 15) is 4.79 Å². The monoisotopic (exact) mass is 250 g/mol. The summed E-state index contributed by atoms with van der Waals surface area (Å²) in [5, 5.41) is 1.84. The Morgan fingerprint density at radius 3 is 2.33 bits per heavy atom. The number of hydrazine groups is 1. The molecule has 0 bridgehead atoms. The molecule has 1 N–H and O–H groups in total. The fourth-order valence-electron chi connectivity index (χ4n) is 1.66. The van der Waals surface area contributed by atoms with E-state index in [0.29, 0.717) is 5.92 Å². The van der Waals surface area contributed by atoms with Crippen LogP contribution in [0, 0.1) is 0 Å². The molecule has 1 atom stereocenters. The summed E-state index contributed by atoms with van der Waals surface area (Å²) in [7, 11) is 1.89. The lowest BCUT2D eigenvalue weighted by molar-refractivity contribution is -0.123. The van der Waals surface area contributed by atoms with Crippen LogP contribution in [0.15, 0.2) is 30.3 Å². The third-order valence-corrected chi connectivity index (χ3v) is 2.61. The van der Waals surface area contributed by atoms with Crippen LogP contribution in [0.5, 0.6) is 0 Å². The molecule has 0 heterocycles. The molecule has 3 heteroatoms. The van der Waals surface area contributed by atoms with Crippen molar-refractivity contribution >= 4 is 5.91 Å². The number of nitrogens with zero attached hydrogens (tertiary/aromatic N) is 1. The fourth-order valence-corrected chi connectivity index (χ4v) is 1.66. The van der Waals surface area contributed by atoms with Gasteiger partial charge in [-0.05, 0) is 17.9 Å². The minimum absolute atomic E-state index is 0.0186. The van der Waals surface area contributed by atoms with E-state index >= 15 is 0 Å². The second kappa shape index (κ2) is 9.66. The van der Waals surface area contributed by atoms with E-state index in [0.717, 1.165) is 13.0 Å². The summed E-state index contributed by atoms with van der Waals surface area (Å²) in [5.74, 6) is 0.493. The Hall–Kier alpha value is -1.35. The van der Waals surface area contributed by atoms with Crippen LogP contribution >= 0.6 is 0 Å². The number of hydrogen-bond donors (Lipinski definition) is 1. The molecule has 3 nitrogen and oxygen atoms in total. The molecular weight excluding hydrogens is 224 g/mol. The van der Waals surface area contributed by atoms with E-state index in [1.54, 1.807) is 0 Å². The highest BCUT2D eigenvalue weighted by Crippen LogP contribution is 2.17. The lowest BCUT2D eigenvalue weighted by Gasteiger charge is -2.19. The second-order valence-electron chi connectivity index (χ2n) is 4.19. The first-order valence-corrected chi connectivity index (χ1v) is 6.63. The first-order chi connectivity index (χ1) is 8.59. The molecule has 18 heavy (non-hydrogen) atoms. The smallest absolute Gasteiger partial charge is 0.231 e. The molecule has 1 rings (SSSR count). The Labute approximate surface area is 111 Å². The molecule has 1 aromatic rings.